The predicted molar refractivity (Wildman–Crippen MR) is 89.3 cm³/mol. The minimum atomic E-state index is -0.351. The summed E-state index contributed by atoms with van der Waals surface area (Å²) in [7, 11) is 0. The van der Waals surface area contributed by atoms with Crippen molar-refractivity contribution in [3.05, 3.63) is 0 Å². The Kier molecular flexibility index (Phi) is 7.23. The van der Waals surface area contributed by atoms with Crippen LogP contribution in [0.5, 0.6) is 0 Å². The van der Waals surface area contributed by atoms with Crippen molar-refractivity contribution in [1.82, 2.24) is 0 Å². The maximum Gasteiger partial charge on any atom is 0.309 e. The Bertz CT molecular complexity index is 306. The lowest BCUT2D eigenvalue weighted by atomic mass is 9.65. The molecule has 0 N–H and O–H groups in total. The molecule has 2 nitrogen and oxygen atoms in total. The van der Waals surface area contributed by atoms with Gasteiger partial charge in [-0.15, -0.1) is 0 Å². The second-order valence-electron chi connectivity index (χ2n) is 8.01. The van der Waals surface area contributed by atoms with Crippen molar-refractivity contribution in [1.29, 1.82) is 0 Å². The smallest absolute Gasteiger partial charge is 0.309 e. The van der Waals surface area contributed by atoms with Gasteiger partial charge in [0.25, 0.3) is 0 Å². The van der Waals surface area contributed by atoms with Crippen molar-refractivity contribution in [3.8, 4) is 0 Å². The molecule has 1 aliphatic carbocycles. The van der Waals surface area contributed by atoms with Crippen LogP contribution >= 0.6 is 0 Å². The van der Waals surface area contributed by atoms with Crippen LogP contribution in [0.1, 0.15) is 98.8 Å². The zero-order valence-electron chi connectivity index (χ0n) is 15.0. The summed E-state index contributed by atoms with van der Waals surface area (Å²) in [6, 6.07) is 0. The molecular weight excluding hydrogens is 260 g/mol. The van der Waals surface area contributed by atoms with E-state index >= 15 is 0 Å². The van der Waals surface area contributed by atoms with Crippen LogP contribution in [0.4, 0.5) is 0 Å². The van der Waals surface area contributed by atoms with Crippen molar-refractivity contribution in [2.75, 3.05) is 0 Å². The first-order valence-corrected chi connectivity index (χ1v) is 9.05. The van der Waals surface area contributed by atoms with Gasteiger partial charge in [0.2, 0.25) is 0 Å². The van der Waals surface area contributed by atoms with Crippen LogP contribution in [0.15, 0.2) is 0 Å². The second kappa shape index (κ2) is 8.19. The standard InChI is InChI=1S/C19H36O2/c1-6-8-9-13-19(12-7-2)14-10-16(11-15-19)17(20)21-18(3,4)5/h16H,6-15H2,1-5H3. The molecule has 0 bridgehead atoms. The molecule has 1 saturated carbocycles. The average Bonchev–Trinajstić information content (AvgIpc) is 2.38. The lowest BCUT2D eigenvalue weighted by Gasteiger charge is -2.40. The van der Waals surface area contributed by atoms with E-state index in [1.54, 1.807) is 0 Å². The zero-order valence-corrected chi connectivity index (χ0v) is 15.0. The molecule has 0 aromatic rings. The van der Waals surface area contributed by atoms with Gasteiger partial charge in [-0.1, -0.05) is 39.5 Å². The predicted octanol–water partition coefficient (Wildman–Crippen LogP) is 5.89. The topological polar surface area (TPSA) is 26.3 Å². The zero-order chi connectivity index (χ0) is 15.9. The molecule has 0 aliphatic heterocycles. The fraction of sp³-hybridized carbons (Fsp3) is 0.947. The molecular formula is C19H36O2. The van der Waals surface area contributed by atoms with E-state index < -0.39 is 0 Å². The van der Waals surface area contributed by atoms with Gasteiger partial charge >= 0.3 is 5.97 Å². The third-order valence-corrected chi connectivity index (χ3v) is 4.88. The number of rotatable bonds is 7. The summed E-state index contributed by atoms with van der Waals surface area (Å²) in [6.07, 6.45) is 12.4. The molecule has 0 unspecified atom stereocenters. The van der Waals surface area contributed by atoms with Crippen LogP contribution in [0.3, 0.4) is 0 Å². The van der Waals surface area contributed by atoms with Gasteiger partial charge < -0.3 is 4.74 Å². The first-order chi connectivity index (χ1) is 9.82. The summed E-state index contributed by atoms with van der Waals surface area (Å²) in [5.74, 6) is 0.168. The van der Waals surface area contributed by atoms with E-state index in [1.807, 2.05) is 20.8 Å². The van der Waals surface area contributed by atoms with Gasteiger partial charge in [-0.3, -0.25) is 4.79 Å². The molecule has 124 valence electrons. The molecule has 2 heteroatoms. The van der Waals surface area contributed by atoms with Gasteiger partial charge in [0.1, 0.15) is 5.60 Å². The van der Waals surface area contributed by atoms with E-state index in [0.29, 0.717) is 5.41 Å². The molecule has 0 aromatic carbocycles. The van der Waals surface area contributed by atoms with Crippen molar-refractivity contribution in [2.24, 2.45) is 11.3 Å². The second-order valence-corrected chi connectivity index (χ2v) is 8.01. The average molecular weight is 296 g/mol. The molecule has 0 aromatic heterocycles. The third-order valence-electron chi connectivity index (χ3n) is 4.88. The van der Waals surface area contributed by atoms with Crippen molar-refractivity contribution >= 4 is 5.97 Å². The SMILES string of the molecule is CCCCCC1(CCC)CCC(C(=O)OC(C)(C)C)CC1. The molecule has 1 aliphatic rings. The molecule has 1 fully saturated rings. The fourth-order valence-electron chi connectivity index (χ4n) is 3.76. The van der Waals surface area contributed by atoms with E-state index in [-0.39, 0.29) is 17.5 Å². The Morgan fingerprint density at radius 3 is 2.14 bits per heavy atom. The Balaban J connectivity index is 2.51. The lowest BCUT2D eigenvalue weighted by Crippen LogP contribution is -2.34. The Morgan fingerprint density at radius 1 is 1.05 bits per heavy atom. The summed E-state index contributed by atoms with van der Waals surface area (Å²) < 4.78 is 5.56. The highest BCUT2D eigenvalue weighted by Crippen LogP contribution is 2.46. The van der Waals surface area contributed by atoms with Crippen molar-refractivity contribution < 1.29 is 9.53 Å². The van der Waals surface area contributed by atoms with E-state index in [2.05, 4.69) is 13.8 Å². The quantitative estimate of drug-likeness (QED) is 0.433. The lowest BCUT2D eigenvalue weighted by molar-refractivity contribution is -0.162. The molecule has 21 heavy (non-hydrogen) atoms. The van der Waals surface area contributed by atoms with Gasteiger partial charge in [-0.05, 0) is 64.7 Å². The van der Waals surface area contributed by atoms with Crippen LogP contribution in [0.2, 0.25) is 0 Å². The number of hydrogen-bond acceptors (Lipinski definition) is 2. The number of carbonyl (C=O) groups is 1. The monoisotopic (exact) mass is 296 g/mol. The van der Waals surface area contributed by atoms with Gasteiger partial charge in [0, 0.05) is 0 Å². The number of hydrogen-bond donors (Lipinski definition) is 0. The third kappa shape index (κ3) is 6.40. The largest absolute Gasteiger partial charge is 0.460 e. The first kappa shape index (κ1) is 18.5. The maximum absolute atomic E-state index is 12.2. The molecule has 0 heterocycles. The summed E-state index contributed by atoms with van der Waals surface area (Å²) in [4.78, 5) is 12.2. The van der Waals surface area contributed by atoms with E-state index in [4.69, 9.17) is 4.74 Å². The summed E-state index contributed by atoms with van der Waals surface area (Å²) in [5.41, 5.74) is 0.165. The number of esters is 1. The Morgan fingerprint density at radius 2 is 1.67 bits per heavy atom. The number of carbonyl (C=O) groups excluding carboxylic acids is 1. The van der Waals surface area contributed by atoms with Gasteiger partial charge in [0.05, 0.1) is 5.92 Å². The fourth-order valence-corrected chi connectivity index (χ4v) is 3.76. The normalized spacial score (nSPS) is 26.6. The van der Waals surface area contributed by atoms with Gasteiger partial charge in [0.15, 0.2) is 0 Å². The summed E-state index contributed by atoms with van der Waals surface area (Å²) in [6.45, 7) is 10.4. The van der Waals surface area contributed by atoms with E-state index in [9.17, 15) is 4.79 Å². The molecule has 0 amide bonds. The van der Waals surface area contributed by atoms with Crippen LogP contribution in [-0.4, -0.2) is 11.6 Å². The molecule has 1 rings (SSSR count). The summed E-state index contributed by atoms with van der Waals surface area (Å²) >= 11 is 0. The minimum Gasteiger partial charge on any atom is -0.460 e. The van der Waals surface area contributed by atoms with Gasteiger partial charge in [-0.2, -0.15) is 0 Å². The molecule has 0 atom stereocenters. The van der Waals surface area contributed by atoms with Crippen LogP contribution in [0.25, 0.3) is 0 Å². The summed E-state index contributed by atoms with van der Waals surface area (Å²) in [5, 5.41) is 0. The van der Waals surface area contributed by atoms with Crippen molar-refractivity contribution in [2.45, 2.75) is 104 Å². The number of unbranched alkanes of at least 4 members (excludes halogenated alkanes) is 2. The van der Waals surface area contributed by atoms with Crippen LogP contribution in [0, 0.1) is 11.3 Å². The molecule has 0 saturated heterocycles. The first-order valence-electron chi connectivity index (χ1n) is 9.05. The Hall–Kier alpha value is -0.530. The highest BCUT2D eigenvalue weighted by atomic mass is 16.6. The highest BCUT2D eigenvalue weighted by molar-refractivity contribution is 5.73. The number of ether oxygens (including phenoxy) is 1. The van der Waals surface area contributed by atoms with Crippen LogP contribution in [-0.2, 0) is 9.53 Å². The van der Waals surface area contributed by atoms with Gasteiger partial charge in [-0.25, -0.2) is 0 Å². The van der Waals surface area contributed by atoms with Crippen LogP contribution < -0.4 is 0 Å². The minimum absolute atomic E-state index is 0.0288. The van der Waals surface area contributed by atoms with E-state index in [0.717, 1.165) is 12.8 Å². The molecule has 0 spiro atoms. The Labute approximate surface area is 132 Å². The van der Waals surface area contributed by atoms with Crippen molar-refractivity contribution in [3.63, 3.8) is 0 Å². The van der Waals surface area contributed by atoms with E-state index in [1.165, 1.54) is 51.4 Å². The maximum atomic E-state index is 12.2. The molecule has 0 radical (unpaired) electrons. The highest BCUT2D eigenvalue weighted by Gasteiger charge is 2.37.